The third-order valence-electron chi connectivity index (χ3n) is 9.24. The summed E-state index contributed by atoms with van der Waals surface area (Å²) in [6.07, 6.45) is 36.9. The van der Waals surface area contributed by atoms with Crippen LogP contribution in [0.3, 0.4) is 0 Å². The van der Waals surface area contributed by atoms with E-state index in [4.69, 9.17) is 18.5 Å². The van der Waals surface area contributed by atoms with E-state index in [9.17, 15) is 9.46 Å². The van der Waals surface area contributed by atoms with Gasteiger partial charge in [-0.15, -0.1) is 0 Å². The molecular weight excluding hydrogens is 621 g/mol. The van der Waals surface area contributed by atoms with Crippen molar-refractivity contribution in [3.63, 3.8) is 0 Å². The van der Waals surface area contributed by atoms with Crippen molar-refractivity contribution in [1.82, 2.24) is 0 Å². The summed E-state index contributed by atoms with van der Waals surface area (Å²) in [6.45, 7) is 7.00. The molecule has 0 aromatic rings. The van der Waals surface area contributed by atoms with E-state index in [1.807, 2.05) is 21.1 Å². The van der Waals surface area contributed by atoms with Crippen LogP contribution in [-0.4, -0.2) is 76.2 Å². The Bertz CT molecular complexity index is 689. The maximum Gasteiger partial charge on any atom is 0.472 e. The zero-order chi connectivity index (χ0) is 35.4. The summed E-state index contributed by atoms with van der Waals surface area (Å²) in [4.78, 5) is 10.2. The van der Waals surface area contributed by atoms with Gasteiger partial charge in [-0.05, 0) is 12.8 Å². The van der Waals surface area contributed by atoms with Crippen molar-refractivity contribution >= 4 is 7.82 Å². The molecule has 0 aromatic heterocycles. The van der Waals surface area contributed by atoms with Crippen LogP contribution in [0.15, 0.2) is 0 Å². The Morgan fingerprint density at radius 2 is 0.833 bits per heavy atom. The quantitative estimate of drug-likeness (QED) is 0.0388. The molecule has 48 heavy (non-hydrogen) atoms. The van der Waals surface area contributed by atoms with Crippen molar-refractivity contribution < 1.29 is 32.5 Å². The molecule has 0 bridgehead atoms. The van der Waals surface area contributed by atoms with Gasteiger partial charge in [0.05, 0.1) is 34.4 Å². The van der Waals surface area contributed by atoms with Crippen LogP contribution in [0.4, 0.5) is 0 Å². The van der Waals surface area contributed by atoms with Gasteiger partial charge in [0.15, 0.2) is 0 Å². The summed E-state index contributed by atoms with van der Waals surface area (Å²) < 4.78 is 35.6. The van der Waals surface area contributed by atoms with Crippen molar-refractivity contribution in [3.05, 3.63) is 0 Å². The molecule has 0 amide bonds. The molecule has 0 saturated heterocycles. The molecule has 0 rings (SSSR count). The summed E-state index contributed by atoms with van der Waals surface area (Å²) in [5.74, 6) is 0. The Kier molecular flexibility index (Phi) is 35.4. The molecule has 0 aliphatic heterocycles. The van der Waals surface area contributed by atoms with Crippen molar-refractivity contribution in [1.29, 1.82) is 0 Å². The van der Waals surface area contributed by atoms with E-state index in [1.165, 1.54) is 161 Å². The molecule has 0 radical (unpaired) electrons. The highest BCUT2D eigenvalue weighted by Gasteiger charge is 2.25. The molecule has 8 heteroatoms. The Morgan fingerprint density at radius 1 is 0.479 bits per heavy atom. The third kappa shape index (κ3) is 38.8. The Balaban J connectivity index is 3.99. The number of likely N-dealkylation sites (N-methyl/N-ethyl adjacent to an activating group) is 1. The molecular formula is C40H85NO6P+. The second-order valence-corrected chi connectivity index (χ2v) is 16.8. The average Bonchev–Trinajstić information content (AvgIpc) is 3.04. The highest BCUT2D eigenvalue weighted by Crippen LogP contribution is 2.43. The van der Waals surface area contributed by atoms with Gasteiger partial charge in [-0.1, -0.05) is 181 Å². The maximum atomic E-state index is 12.4. The first-order valence-electron chi connectivity index (χ1n) is 20.8. The van der Waals surface area contributed by atoms with Gasteiger partial charge < -0.3 is 18.9 Å². The monoisotopic (exact) mass is 707 g/mol. The molecule has 0 aliphatic carbocycles. The summed E-state index contributed by atoms with van der Waals surface area (Å²) >= 11 is 0. The minimum Gasteiger partial charge on any atom is -0.379 e. The normalized spacial score (nSPS) is 14.0. The van der Waals surface area contributed by atoms with Crippen LogP contribution in [0.25, 0.3) is 0 Å². The van der Waals surface area contributed by atoms with Crippen molar-refractivity contribution in [2.75, 3.05) is 60.7 Å². The van der Waals surface area contributed by atoms with E-state index in [-0.39, 0.29) is 19.3 Å². The van der Waals surface area contributed by atoms with Crippen molar-refractivity contribution in [2.24, 2.45) is 0 Å². The van der Waals surface area contributed by atoms with Crippen molar-refractivity contribution in [2.45, 2.75) is 200 Å². The Morgan fingerprint density at radius 3 is 1.21 bits per heavy atom. The number of rotatable bonds is 40. The molecule has 1 N–H and O–H groups in total. The smallest absolute Gasteiger partial charge is 0.379 e. The second-order valence-electron chi connectivity index (χ2n) is 15.4. The van der Waals surface area contributed by atoms with E-state index >= 15 is 0 Å². The molecule has 2 unspecified atom stereocenters. The van der Waals surface area contributed by atoms with Gasteiger partial charge >= 0.3 is 7.82 Å². The number of phosphoric acid groups is 1. The first-order valence-corrected chi connectivity index (χ1v) is 22.3. The predicted molar refractivity (Wildman–Crippen MR) is 206 cm³/mol. The molecule has 290 valence electrons. The maximum absolute atomic E-state index is 12.4. The molecule has 0 spiro atoms. The largest absolute Gasteiger partial charge is 0.472 e. The number of phosphoric ester groups is 1. The lowest BCUT2D eigenvalue weighted by Gasteiger charge is -2.24. The molecule has 0 saturated carbocycles. The van der Waals surface area contributed by atoms with E-state index < -0.39 is 7.82 Å². The summed E-state index contributed by atoms with van der Waals surface area (Å²) in [6, 6.07) is 0. The number of hydrogen-bond acceptors (Lipinski definition) is 5. The van der Waals surface area contributed by atoms with Crippen LogP contribution in [0.1, 0.15) is 194 Å². The van der Waals surface area contributed by atoms with Gasteiger partial charge in [-0.2, -0.15) is 0 Å². The van der Waals surface area contributed by atoms with Crippen LogP contribution in [0.5, 0.6) is 0 Å². The summed E-state index contributed by atoms with van der Waals surface area (Å²) in [5, 5.41) is 0. The highest BCUT2D eigenvalue weighted by molar-refractivity contribution is 7.47. The van der Waals surface area contributed by atoms with Crippen LogP contribution < -0.4 is 0 Å². The van der Waals surface area contributed by atoms with Crippen LogP contribution in [0.2, 0.25) is 0 Å². The lowest BCUT2D eigenvalue weighted by molar-refractivity contribution is -0.870. The fraction of sp³-hybridized carbons (Fsp3) is 1.00. The fourth-order valence-corrected chi connectivity index (χ4v) is 6.69. The van der Waals surface area contributed by atoms with Crippen LogP contribution in [-0.2, 0) is 23.1 Å². The van der Waals surface area contributed by atoms with E-state index in [0.717, 1.165) is 19.3 Å². The minimum atomic E-state index is -4.13. The molecule has 2 atom stereocenters. The standard InChI is InChI=1S/C40H84NO6P/c1-6-8-10-12-14-16-18-19-20-21-22-23-24-25-26-28-30-32-35-44-38-40(39-47-48(42,43)46-37-34-41(3,4)5)45-36-33-31-29-27-17-15-13-11-9-7-2/h40H,6-39H2,1-5H3/p+1. The third-order valence-corrected chi connectivity index (χ3v) is 10.2. The Hall–Kier alpha value is -0.0100. The fourth-order valence-electron chi connectivity index (χ4n) is 5.95. The van der Waals surface area contributed by atoms with E-state index in [2.05, 4.69) is 13.8 Å². The summed E-state index contributed by atoms with van der Waals surface area (Å²) in [7, 11) is 1.92. The Labute approximate surface area is 300 Å². The zero-order valence-electron chi connectivity index (χ0n) is 33.0. The molecule has 0 aromatic carbocycles. The lowest BCUT2D eigenvalue weighted by Crippen LogP contribution is -2.37. The molecule has 0 heterocycles. The van der Waals surface area contributed by atoms with Crippen LogP contribution >= 0.6 is 7.82 Å². The minimum absolute atomic E-state index is 0.00492. The second kappa shape index (κ2) is 35.4. The van der Waals surface area contributed by atoms with E-state index in [0.29, 0.717) is 30.8 Å². The average molecular weight is 707 g/mol. The number of quaternary nitrogens is 1. The number of ether oxygens (including phenoxy) is 2. The van der Waals surface area contributed by atoms with Gasteiger partial charge in [0.1, 0.15) is 19.3 Å². The lowest BCUT2D eigenvalue weighted by atomic mass is 10.0. The van der Waals surface area contributed by atoms with Gasteiger partial charge in [-0.25, -0.2) is 4.57 Å². The predicted octanol–water partition coefficient (Wildman–Crippen LogP) is 12.2. The first-order chi connectivity index (χ1) is 23.2. The van der Waals surface area contributed by atoms with Gasteiger partial charge in [0.2, 0.25) is 0 Å². The number of unbranched alkanes of at least 4 members (excludes halogenated alkanes) is 26. The highest BCUT2D eigenvalue weighted by atomic mass is 31.2. The molecule has 7 nitrogen and oxygen atoms in total. The van der Waals surface area contributed by atoms with Crippen molar-refractivity contribution in [3.8, 4) is 0 Å². The van der Waals surface area contributed by atoms with Gasteiger partial charge in [0.25, 0.3) is 0 Å². The van der Waals surface area contributed by atoms with Gasteiger partial charge in [0, 0.05) is 13.2 Å². The first kappa shape index (κ1) is 48.0. The number of hydrogen-bond donors (Lipinski definition) is 1. The molecule has 0 fully saturated rings. The summed E-state index contributed by atoms with van der Waals surface area (Å²) in [5.41, 5.74) is 0. The van der Waals surface area contributed by atoms with E-state index in [1.54, 1.807) is 0 Å². The van der Waals surface area contributed by atoms with Crippen LogP contribution in [0, 0.1) is 0 Å². The SMILES string of the molecule is CCCCCCCCCCCCCCCCCCCCOCC(COP(=O)(O)OCC[N+](C)(C)C)OCCCCCCCCCCCC. The van der Waals surface area contributed by atoms with Gasteiger partial charge in [-0.3, -0.25) is 9.05 Å². The zero-order valence-corrected chi connectivity index (χ0v) is 33.9. The number of nitrogens with zero attached hydrogens (tertiary/aromatic N) is 1. The molecule has 0 aliphatic rings. The topological polar surface area (TPSA) is 74.2 Å².